The molecule has 1 nitrogen and oxygen atoms in total. The van der Waals surface area contributed by atoms with Crippen LogP contribution in [0.25, 0.3) is 0 Å². The van der Waals surface area contributed by atoms with Crippen LogP contribution in [0.3, 0.4) is 0 Å². The van der Waals surface area contributed by atoms with Crippen LogP contribution in [0, 0.1) is 5.92 Å². The van der Waals surface area contributed by atoms with Crippen LogP contribution in [0.5, 0.6) is 0 Å². The monoisotopic (exact) mass is 256 g/mol. The number of thioether (sulfide) groups is 1. The molecule has 88 valence electrons. The number of carbonyl (C=O) groups excluding carboxylic acids is 1. The van der Waals surface area contributed by atoms with Crippen molar-refractivity contribution in [2.45, 2.75) is 20.3 Å². The maximum Gasteiger partial charge on any atom is 0.172 e. The molecule has 1 aromatic carbocycles. The molecule has 0 amide bonds. The van der Waals surface area contributed by atoms with Crippen molar-refractivity contribution in [1.82, 2.24) is 0 Å². The first kappa shape index (κ1) is 13.6. The molecule has 0 aromatic heterocycles. The molecule has 16 heavy (non-hydrogen) atoms. The maximum absolute atomic E-state index is 11.8. The fourth-order valence-corrected chi connectivity index (χ4v) is 2.51. The first-order valence-corrected chi connectivity index (χ1v) is 7.03. The van der Waals surface area contributed by atoms with E-state index in [0.717, 1.165) is 5.75 Å². The number of rotatable bonds is 6. The predicted molar refractivity (Wildman–Crippen MR) is 72.6 cm³/mol. The fourth-order valence-electron chi connectivity index (χ4n) is 1.22. The van der Waals surface area contributed by atoms with Gasteiger partial charge in [0.15, 0.2) is 5.78 Å². The minimum Gasteiger partial charge on any atom is -0.293 e. The van der Waals surface area contributed by atoms with Crippen molar-refractivity contribution >= 4 is 29.1 Å². The third-order valence-electron chi connectivity index (χ3n) is 2.48. The number of carbonyl (C=O) groups is 1. The number of hydrogen-bond acceptors (Lipinski definition) is 2. The van der Waals surface area contributed by atoms with Crippen molar-refractivity contribution in [1.29, 1.82) is 0 Å². The van der Waals surface area contributed by atoms with E-state index in [9.17, 15) is 4.79 Å². The molecule has 1 aromatic rings. The molecule has 0 spiro atoms. The molecule has 1 unspecified atom stereocenters. The molecule has 1 atom stereocenters. The minimum atomic E-state index is 0.163. The van der Waals surface area contributed by atoms with Crippen molar-refractivity contribution in [3.63, 3.8) is 0 Å². The molecule has 0 N–H and O–H groups in total. The van der Waals surface area contributed by atoms with E-state index in [1.807, 2.05) is 12.1 Å². The Morgan fingerprint density at radius 1 is 1.50 bits per heavy atom. The highest BCUT2D eigenvalue weighted by atomic mass is 35.5. The van der Waals surface area contributed by atoms with Crippen molar-refractivity contribution in [2.75, 3.05) is 11.5 Å². The van der Waals surface area contributed by atoms with E-state index < -0.39 is 0 Å². The Kier molecular flexibility index (Phi) is 5.93. The van der Waals surface area contributed by atoms with Gasteiger partial charge in [-0.15, -0.1) is 0 Å². The normalized spacial score (nSPS) is 12.4. The van der Waals surface area contributed by atoms with Gasteiger partial charge in [0.2, 0.25) is 0 Å². The first-order valence-electron chi connectivity index (χ1n) is 5.50. The van der Waals surface area contributed by atoms with Gasteiger partial charge in [-0.3, -0.25) is 4.79 Å². The molecule has 1 rings (SSSR count). The SMILES string of the molecule is CCC(C)CSCC(=O)c1cccc(Cl)c1. The van der Waals surface area contributed by atoms with Gasteiger partial charge in [0.05, 0.1) is 5.75 Å². The summed E-state index contributed by atoms with van der Waals surface area (Å²) in [5.74, 6) is 2.43. The number of benzene rings is 1. The lowest BCUT2D eigenvalue weighted by atomic mass is 10.1. The third-order valence-corrected chi connectivity index (χ3v) is 3.99. The van der Waals surface area contributed by atoms with Crippen molar-refractivity contribution < 1.29 is 4.79 Å². The Morgan fingerprint density at radius 2 is 2.25 bits per heavy atom. The smallest absolute Gasteiger partial charge is 0.172 e. The van der Waals surface area contributed by atoms with Crippen LogP contribution in [-0.4, -0.2) is 17.3 Å². The molecule has 0 saturated heterocycles. The Hall–Kier alpha value is -0.470. The lowest BCUT2D eigenvalue weighted by Crippen LogP contribution is -2.05. The van der Waals surface area contributed by atoms with Gasteiger partial charge in [-0.25, -0.2) is 0 Å². The Balaban J connectivity index is 2.41. The highest BCUT2D eigenvalue weighted by Crippen LogP contribution is 2.15. The topological polar surface area (TPSA) is 17.1 Å². The minimum absolute atomic E-state index is 0.163. The average molecular weight is 257 g/mol. The molecule has 0 aliphatic carbocycles. The lowest BCUT2D eigenvalue weighted by molar-refractivity contribution is 0.102. The number of halogens is 1. The van der Waals surface area contributed by atoms with Crippen molar-refractivity contribution in [3.05, 3.63) is 34.9 Å². The molecule has 0 saturated carbocycles. The summed E-state index contributed by atoms with van der Waals surface area (Å²) in [6.45, 7) is 4.38. The summed E-state index contributed by atoms with van der Waals surface area (Å²) in [7, 11) is 0. The third kappa shape index (κ3) is 4.58. The van der Waals surface area contributed by atoms with E-state index in [-0.39, 0.29) is 5.78 Å². The highest BCUT2D eigenvalue weighted by Gasteiger charge is 2.07. The van der Waals surface area contributed by atoms with E-state index in [1.165, 1.54) is 6.42 Å². The number of hydrogen-bond donors (Lipinski definition) is 0. The molecule has 0 heterocycles. The maximum atomic E-state index is 11.8. The molecule has 0 aliphatic heterocycles. The van der Waals surface area contributed by atoms with E-state index >= 15 is 0 Å². The zero-order chi connectivity index (χ0) is 12.0. The standard InChI is InChI=1S/C13H17ClOS/c1-3-10(2)8-16-9-13(15)11-5-4-6-12(14)7-11/h4-7,10H,3,8-9H2,1-2H3. The summed E-state index contributed by atoms with van der Waals surface area (Å²) in [5.41, 5.74) is 0.712. The largest absolute Gasteiger partial charge is 0.293 e. The van der Waals surface area contributed by atoms with Crippen LogP contribution in [0.15, 0.2) is 24.3 Å². The second kappa shape index (κ2) is 6.97. The van der Waals surface area contributed by atoms with Gasteiger partial charge in [0, 0.05) is 10.6 Å². The van der Waals surface area contributed by atoms with E-state index in [2.05, 4.69) is 13.8 Å². The summed E-state index contributed by atoms with van der Waals surface area (Å²) in [4.78, 5) is 11.8. The second-order valence-electron chi connectivity index (χ2n) is 3.96. The molecule has 0 radical (unpaired) electrons. The molecule has 0 fully saturated rings. The number of Topliss-reactive ketones (excluding diaryl/α,β-unsaturated/α-hetero) is 1. The highest BCUT2D eigenvalue weighted by molar-refractivity contribution is 7.99. The van der Waals surface area contributed by atoms with Crippen LogP contribution in [0.4, 0.5) is 0 Å². The second-order valence-corrected chi connectivity index (χ2v) is 5.43. The molecular weight excluding hydrogens is 240 g/mol. The van der Waals surface area contributed by atoms with Crippen LogP contribution in [-0.2, 0) is 0 Å². The van der Waals surface area contributed by atoms with Gasteiger partial charge in [-0.2, -0.15) is 11.8 Å². The quantitative estimate of drug-likeness (QED) is 0.706. The van der Waals surface area contributed by atoms with E-state index in [0.29, 0.717) is 22.3 Å². The lowest BCUT2D eigenvalue weighted by Gasteiger charge is -2.07. The van der Waals surface area contributed by atoms with Gasteiger partial charge in [0.1, 0.15) is 0 Å². The number of ketones is 1. The van der Waals surface area contributed by atoms with E-state index in [1.54, 1.807) is 23.9 Å². The summed E-state index contributed by atoms with van der Waals surface area (Å²) in [6, 6.07) is 7.14. The Morgan fingerprint density at radius 3 is 2.88 bits per heavy atom. The summed E-state index contributed by atoms with van der Waals surface area (Å²) in [6.07, 6.45) is 1.17. The van der Waals surface area contributed by atoms with Gasteiger partial charge >= 0.3 is 0 Å². The summed E-state index contributed by atoms with van der Waals surface area (Å²) >= 11 is 7.54. The molecule has 3 heteroatoms. The van der Waals surface area contributed by atoms with Crippen LogP contribution >= 0.6 is 23.4 Å². The van der Waals surface area contributed by atoms with Crippen molar-refractivity contribution in [3.8, 4) is 0 Å². The molecule has 0 aliphatic rings. The fraction of sp³-hybridized carbons (Fsp3) is 0.462. The van der Waals surface area contributed by atoms with Crippen LogP contribution in [0.1, 0.15) is 30.6 Å². The summed E-state index contributed by atoms with van der Waals surface area (Å²) in [5, 5.41) is 0.623. The predicted octanol–water partition coefficient (Wildman–Crippen LogP) is 4.30. The van der Waals surface area contributed by atoms with E-state index in [4.69, 9.17) is 11.6 Å². The molecular formula is C13H17ClOS. The van der Waals surface area contributed by atoms with Gasteiger partial charge in [0.25, 0.3) is 0 Å². The average Bonchev–Trinajstić information content (AvgIpc) is 2.28. The van der Waals surface area contributed by atoms with Gasteiger partial charge < -0.3 is 0 Å². The summed E-state index contributed by atoms with van der Waals surface area (Å²) < 4.78 is 0. The first-order chi connectivity index (χ1) is 7.63. The zero-order valence-electron chi connectivity index (χ0n) is 9.70. The van der Waals surface area contributed by atoms with Crippen LogP contribution < -0.4 is 0 Å². The van der Waals surface area contributed by atoms with Crippen LogP contribution in [0.2, 0.25) is 5.02 Å². The zero-order valence-corrected chi connectivity index (χ0v) is 11.3. The Labute approximate surface area is 107 Å². The van der Waals surface area contributed by atoms with Gasteiger partial charge in [-0.05, 0) is 23.8 Å². The Bertz CT molecular complexity index is 352. The van der Waals surface area contributed by atoms with Gasteiger partial charge in [-0.1, -0.05) is 44.0 Å². The molecule has 0 bridgehead atoms. The van der Waals surface area contributed by atoms with Crippen molar-refractivity contribution in [2.24, 2.45) is 5.92 Å².